The summed E-state index contributed by atoms with van der Waals surface area (Å²) >= 11 is 0. The molecule has 0 saturated heterocycles. The number of ether oxygens (including phenoxy) is 5. The third-order valence-electron chi connectivity index (χ3n) is 4.21. The summed E-state index contributed by atoms with van der Waals surface area (Å²) in [6, 6.07) is 7.16. The Balaban J connectivity index is 2.07. The van der Waals surface area contributed by atoms with E-state index in [0.717, 1.165) is 6.54 Å². The van der Waals surface area contributed by atoms with Crippen LogP contribution in [-0.2, 0) is 28.5 Å². The van der Waals surface area contributed by atoms with Gasteiger partial charge in [-0.05, 0) is 26.1 Å². The molecule has 0 aliphatic carbocycles. The second-order valence-corrected chi connectivity index (χ2v) is 7.04. The Bertz CT molecular complexity index is 701. The lowest BCUT2D eigenvalue weighted by Gasteiger charge is -2.10. The van der Waals surface area contributed by atoms with Crippen molar-refractivity contribution in [2.75, 3.05) is 84.9 Å². The van der Waals surface area contributed by atoms with Crippen molar-refractivity contribution in [3.8, 4) is 5.75 Å². The predicted molar refractivity (Wildman–Crippen MR) is 130 cm³/mol. The molecule has 1 aromatic carbocycles. The monoisotopic (exact) mass is 481 g/mol. The number of anilines is 1. The standard InChI is InChI=1S/C24H39N3O7/c1-3-4-9-26-24(29)20-33-16-15-32-17-18-34-22-7-5-6-21(19-22)27-23(28)8-11-30-13-14-31-12-10-25-2/h3-7,19,25H,8-18,20H2,1-2H3,(H,26,29)(H,27,28)/b4-3+. The molecule has 0 aliphatic heterocycles. The molecule has 0 aromatic heterocycles. The van der Waals surface area contributed by atoms with Gasteiger partial charge in [-0.3, -0.25) is 9.59 Å². The Kier molecular flexibility index (Phi) is 18.3. The van der Waals surface area contributed by atoms with Gasteiger partial charge in [0.2, 0.25) is 11.8 Å². The maximum Gasteiger partial charge on any atom is 0.246 e. The van der Waals surface area contributed by atoms with Crippen molar-refractivity contribution in [3.63, 3.8) is 0 Å². The molecule has 0 fully saturated rings. The summed E-state index contributed by atoms with van der Waals surface area (Å²) in [5.74, 6) is 0.337. The van der Waals surface area contributed by atoms with E-state index >= 15 is 0 Å². The summed E-state index contributed by atoms with van der Waals surface area (Å²) in [6.45, 7) is 6.55. The molecule has 0 heterocycles. The number of hydrogen-bond donors (Lipinski definition) is 3. The van der Waals surface area contributed by atoms with Gasteiger partial charge in [0.05, 0.1) is 52.7 Å². The van der Waals surface area contributed by atoms with Crippen LogP contribution in [0.1, 0.15) is 13.3 Å². The highest BCUT2D eigenvalue weighted by molar-refractivity contribution is 5.90. The third-order valence-corrected chi connectivity index (χ3v) is 4.21. The first-order valence-electron chi connectivity index (χ1n) is 11.5. The highest BCUT2D eigenvalue weighted by atomic mass is 16.5. The fourth-order valence-corrected chi connectivity index (χ4v) is 2.49. The number of carbonyl (C=O) groups is 2. The summed E-state index contributed by atoms with van der Waals surface area (Å²) in [4.78, 5) is 23.5. The number of benzene rings is 1. The summed E-state index contributed by atoms with van der Waals surface area (Å²) in [6.07, 6.45) is 3.98. The number of amides is 2. The van der Waals surface area contributed by atoms with Crippen molar-refractivity contribution in [2.45, 2.75) is 13.3 Å². The van der Waals surface area contributed by atoms with Crippen LogP contribution >= 0.6 is 0 Å². The fraction of sp³-hybridized carbons (Fsp3) is 0.583. The van der Waals surface area contributed by atoms with Crippen molar-refractivity contribution in [2.24, 2.45) is 0 Å². The van der Waals surface area contributed by atoms with Crippen LogP contribution in [-0.4, -0.2) is 91.4 Å². The Morgan fingerprint density at radius 2 is 1.59 bits per heavy atom. The lowest BCUT2D eigenvalue weighted by atomic mass is 10.3. The molecule has 10 nitrogen and oxygen atoms in total. The van der Waals surface area contributed by atoms with E-state index in [1.165, 1.54) is 0 Å². The van der Waals surface area contributed by atoms with Gasteiger partial charge < -0.3 is 39.6 Å². The zero-order chi connectivity index (χ0) is 24.7. The topological polar surface area (TPSA) is 116 Å². The van der Waals surface area contributed by atoms with Crippen LogP contribution in [0.4, 0.5) is 5.69 Å². The lowest BCUT2D eigenvalue weighted by molar-refractivity contribution is -0.126. The molecule has 1 rings (SSSR count). The van der Waals surface area contributed by atoms with Gasteiger partial charge in [-0.25, -0.2) is 0 Å². The van der Waals surface area contributed by atoms with Crippen molar-refractivity contribution < 1.29 is 33.3 Å². The molecule has 192 valence electrons. The first kappa shape index (κ1) is 29.5. The fourth-order valence-electron chi connectivity index (χ4n) is 2.49. The molecule has 1 aromatic rings. The van der Waals surface area contributed by atoms with E-state index in [0.29, 0.717) is 70.8 Å². The average molecular weight is 482 g/mol. The van der Waals surface area contributed by atoms with Crippen LogP contribution in [0, 0.1) is 0 Å². The highest BCUT2D eigenvalue weighted by Gasteiger charge is 2.04. The van der Waals surface area contributed by atoms with E-state index in [1.54, 1.807) is 18.2 Å². The molecule has 0 saturated carbocycles. The zero-order valence-corrected chi connectivity index (χ0v) is 20.3. The van der Waals surface area contributed by atoms with Gasteiger partial charge in [-0.1, -0.05) is 18.2 Å². The Labute approximate surface area is 202 Å². The molecule has 0 unspecified atom stereocenters. The molecule has 34 heavy (non-hydrogen) atoms. The summed E-state index contributed by atoms with van der Waals surface area (Å²) in [7, 11) is 1.87. The smallest absolute Gasteiger partial charge is 0.246 e. The van der Waals surface area contributed by atoms with Gasteiger partial charge in [-0.2, -0.15) is 0 Å². The molecule has 0 radical (unpaired) electrons. The van der Waals surface area contributed by atoms with Crippen LogP contribution in [0.5, 0.6) is 5.75 Å². The van der Waals surface area contributed by atoms with Gasteiger partial charge in [-0.15, -0.1) is 0 Å². The maximum absolute atomic E-state index is 12.1. The molecule has 3 N–H and O–H groups in total. The molecule has 0 atom stereocenters. The van der Waals surface area contributed by atoms with Crippen molar-refractivity contribution in [1.29, 1.82) is 0 Å². The highest BCUT2D eigenvalue weighted by Crippen LogP contribution is 2.17. The second-order valence-electron chi connectivity index (χ2n) is 7.04. The van der Waals surface area contributed by atoms with Crippen molar-refractivity contribution >= 4 is 17.5 Å². The molecule has 0 spiro atoms. The van der Waals surface area contributed by atoms with E-state index in [4.69, 9.17) is 23.7 Å². The van der Waals surface area contributed by atoms with E-state index < -0.39 is 0 Å². The van der Waals surface area contributed by atoms with E-state index in [9.17, 15) is 9.59 Å². The molecule has 0 aliphatic rings. The summed E-state index contributed by atoms with van der Waals surface area (Å²) < 4.78 is 27.1. The molecular weight excluding hydrogens is 442 g/mol. The third kappa shape index (κ3) is 17.0. The van der Waals surface area contributed by atoms with Crippen LogP contribution in [0.15, 0.2) is 36.4 Å². The minimum atomic E-state index is -0.161. The number of hydrogen-bond acceptors (Lipinski definition) is 8. The minimum Gasteiger partial charge on any atom is -0.491 e. The van der Waals surface area contributed by atoms with Crippen LogP contribution < -0.4 is 20.7 Å². The quantitative estimate of drug-likeness (QED) is 0.178. The lowest BCUT2D eigenvalue weighted by Crippen LogP contribution is -2.28. The number of carbonyl (C=O) groups excluding carboxylic acids is 2. The van der Waals surface area contributed by atoms with Crippen LogP contribution in [0.3, 0.4) is 0 Å². The number of rotatable bonds is 21. The average Bonchev–Trinajstić information content (AvgIpc) is 2.83. The number of likely N-dealkylation sites (N-methyl/N-ethyl adjacent to an activating group) is 1. The van der Waals surface area contributed by atoms with E-state index in [-0.39, 0.29) is 24.8 Å². The summed E-state index contributed by atoms with van der Waals surface area (Å²) in [5, 5.41) is 8.52. The predicted octanol–water partition coefficient (Wildman–Crippen LogP) is 1.37. The van der Waals surface area contributed by atoms with Gasteiger partial charge in [0.1, 0.15) is 19.0 Å². The second kappa shape index (κ2) is 21.1. The van der Waals surface area contributed by atoms with Crippen LogP contribution in [0.2, 0.25) is 0 Å². The first-order chi connectivity index (χ1) is 16.7. The Hall–Kier alpha value is -2.50. The van der Waals surface area contributed by atoms with Gasteiger partial charge >= 0.3 is 0 Å². The first-order valence-corrected chi connectivity index (χ1v) is 11.5. The van der Waals surface area contributed by atoms with Gasteiger partial charge in [0.25, 0.3) is 0 Å². The van der Waals surface area contributed by atoms with Gasteiger partial charge in [0.15, 0.2) is 0 Å². The zero-order valence-electron chi connectivity index (χ0n) is 20.3. The van der Waals surface area contributed by atoms with E-state index in [2.05, 4.69) is 16.0 Å². The number of nitrogens with one attached hydrogen (secondary N) is 3. The molecule has 0 bridgehead atoms. The van der Waals surface area contributed by atoms with Gasteiger partial charge in [0, 0.05) is 24.8 Å². The maximum atomic E-state index is 12.1. The number of allylic oxidation sites excluding steroid dienone is 1. The van der Waals surface area contributed by atoms with Crippen LogP contribution in [0.25, 0.3) is 0 Å². The van der Waals surface area contributed by atoms with Crippen molar-refractivity contribution in [1.82, 2.24) is 10.6 Å². The minimum absolute atomic E-state index is 0.00737. The van der Waals surface area contributed by atoms with Crippen molar-refractivity contribution in [3.05, 3.63) is 36.4 Å². The molecular formula is C24H39N3O7. The normalized spacial score (nSPS) is 11.0. The Morgan fingerprint density at radius 3 is 2.35 bits per heavy atom. The SMILES string of the molecule is C/C=C/CNC(=O)COCCOCCOc1cccc(NC(=O)CCOCCOCCNC)c1. The van der Waals surface area contributed by atoms with E-state index in [1.807, 2.05) is 32.2 Å². The Morgan fingerprint density at radius 1 is 0.882 bits per heavy atom. The molecule has 2 amide bonds. The largest absolute Gasteiger partial charge is 0.491 e. The molecule has 10 heteroatoms. The summed E-state index contributed by atoms with van der Waals surface area (Å²) in [5.41, 5.74) is 0.653.